The smallest absolute Gasteiger partial charge is 0.305 e. The average molecular weight is 396 g/mol. The van der Waals surface area contributed by atoms with Gasteiger partial charge in [-0.1, -0.05) is 41.2 Å². The monoisotopic (exact) mass is 395 g/mol. The largest absolute Gasteiger partial charge is 0.460 e. The van der Waals surface area contributed by atoms with Crippen LogP contribution in [0.2, 0.25) is 0 Å². The minimum absolute atomic E-state index is 0.0649. The van der Waals surface area contributed by atoms with Crippen molar-refractivity contribution in [3.63, 3.8) is 0 Å². The van der Waals surface area contributed by atoms with Gasteiger partial charge in [0.25, 0.3) is 0 Å². The lowest BCUT2D eigenvalue weighted by molar-refractivity contribution is 0.285. The third-order valence-corrected chi connectivity index (χ3v) is 9.36. The fourth-order valence-electron chi connectivity index (χ4n) is 5.56. The van der Waals surface area contributed by atoms with Crippen LogP contribution in [-0.4, -0.2) is 10.2 Å². The zero-order valence-electron chi connectivity index (χ0n) is 15.1. The Bertz CT molecular complexity index is 1060. The summed E-state index contributed by atoms with van der Waals surface area (Å²) in [6.07, 6.45) is 4.04. The number of H-pyrrole nitrogens is 1. The van der Waals surface area contributed by atoms with E-state index >= 15 is 0 Å². The van der Waals surface area contributed by atoms with E-state index in [1.165, 1.54) is 41.0 Å². The van der Waals surface area contributed by atoms with Crippen molar-refractivity contribution < 1.29 is 4.42 Å². The molecule has 0 spiro atoms. The Labute approximate surface area is 166 Å². The third kappa shape index (κ3) is 2.44. The van der Waals surface area contributed by atoms with E-state index in [1.54, 1.807) is 0 Å². The van der Waals surface area contributed by atoms with Gasteiger partial charge in [0.15, 0.2) is 0 Å². The Morgan fingerprint density at radius 3 is 2.74 bits per heavy atom. The SMILES string of the molecule is Cc1ccc(-c2ccc([C@@H]3c4sc(=O)[nH]c4S[C@H]4[C@H]5CC[C@@H](C5)[C@@H]34)o2)cc1. The fourth-order valence-corrected chi connectivity index (χ4v) is 8.43. The Hall–Kier alpha value is -1.72. The van der Waals surface area contributed by atoms with Crippen molar-refractivity contribution in [3.8, 4) is 11.3 Å². The van der Waals surface area contributed by atoms with Gasteiger partial charge in [-0.05, 0) is 56.1 Å². The predicted molar refractivity (Wildman–Crippen MR) is 110 cm³/mol. The lowest BCUT2D eigenvalue weighted by atomic mass is 9.77. The van der Waals surface area contributed by atoms with Crippen molar-refractivity contribution in [2.24, 2.45) is 17.8 Å². The summed E-state index contributed by atoms with van der Waals surface area (Å²) in [4.78, 5) is 16.5. The number of rotatable bonds is 2. The highest BCUT2D eigenvalue weighted by Crippen LogP contribution is 2.63. The first-order chi connectivity index (χ1) is 13.2. The molecule has 2 bridgehead atoms. The number of benzene rings is 1. The van der Waals surface area contributed by atoms with Crippen LogP contribution < -0.4 is 4.87 Å². The quantitative estimate of drug-likeness (QED) is 0.609. The van der Waals surface area contributed by atoms with E-state index in [1.807, 2.05) is 11.8 Å². The summed E-state index contributed by atoms with van der Waals surface area (Å²) >= 11 is 3.31. The topological polar surface area (TPSA) is 46.0 Å². The lowest BCUT2D eigenvalue weighted by Crippen LogP contribution is -2.33. The first-order valence-corrected chi connectivity index (χ1v) is 11.4. The highest BCUT2D eigenvalue weighted by atomic mass is 32.2. The molecule has 1 N–H and O–H groups in total. The number of hydrogen-bond acceptors (Lipinski definition) is 4. The maximum Gasteiger partial charge on any atom is 0.305 e. The summed E-state index contributed by atoms with van der Waals surface area (Å²) in [7, 11) is 0. The number of fused-ring (bicyclic) bond motifs is 6. The zero-order valence-corrected chi connectivity index (χ0v) is 16.7. The Morgan fingerprint density at radius 2 is 1.89 bits per heavy atom. The summed E-state index contributed by atoms with van der Waals surface area (Å²) in [5, 5.41) is 1.72. The van der Waals surface area contributed by atoms with Crippen molar-refractivity contribution in [1.82, 2.24) is 4.98 Å². The number of aryl methyl sites for hydroxylation is 1. The molecule has 0 unspecified atom stereocenters. The van der Waals surface area contributed by atoms with Crippen LogP contribution in [-0.2, 0) is 0 Å². The van der Waals surface area contributed by atoms with Gasteiger partial charge in [-0.3, -0.25) is 4.79 Å². The van der Waals surface area contributed by atoms with Crippen molar-refractivity contribution in [3.05, 3.63) is 62.3 Å². The molecule has 0 radical (unpaired) electrons. The maximum absolute atomic E-state index is 12.1. The minimum atomic E-state index is 0.0649. The van der Waals surface area contributed by atoms with Crippen LogP contribution in [0.3, 0.4) is 0 Å². The molecule has 1 aliphatic heterocycles. The van der Waals surface area contributed by atoms with Crippen LogP contribution in [0.5, 0.6) is 0 Å². The molecule has 6 rings (SSSR count). The molecule has 5 heteroatoms. The average Bonchev–Trinajstić information content (AvgIpc) is 3.43. The van der Waals surface area contributed by atoms with Gasteiger partial charge >= 0.3 is 4.87 Å². The highest BCUT2D eigenvalue weighted by Gasteiger charge is 2.55. The summed E-state index contributed by atoms with van der Waals surface area (Å²) in [5.74, 6) is 4.36. The molecular weight excluding hydrogens is 374 g/mol. The molecule has 2 aromatic heterocycles. The molecule has 2 fully saturated rings. The molecule has 138 valence electrons. The molecule has 5 atom stereocenters. The van der Waals surface area contributed by atoms with Gasteiger partial charge in [-0.15, -0.1) is 11.8 Å². The maximum atomic E-state index is 12.1. The summed E-state index contributed by atoms with van der Waals surface area (Å²) < 4.78 is 6.41. The van der Waals surface area contributed by atoms with E-state index in [2.05, 4.69) is 48.3 Å². The third-order valence-electron chi connectivity index (χ3n) is 6.73. The first kappa shape index (κ1) is 16.3. The van der Waals surface area contributed by atoms with Crippen molar-refractivity contribution in [2.45, 2.75) is 42.4 Å². The molecule has 2 saturated carbocycles. The molecular formula is C22H21NO2S2. The molecule has 1 aromatic carbocycles. The van der Waals surface area contributed by atoms with Crippen LogP contribution in [0.25, 0.3) is 11.3 Å². The van der Waals surface area contributed by atoms with Crippen LogP contribution in [0, 0.1) is 24.7 Å². The number of hydrogen-bond donors (Lipinski definition) is 1. The molecule has 0 saturated heterocycles. The van der Waals surface area contributed by atoms with E-state index in [0.29, 0.717) is 11.2 Å². The van der Waals surface area contributed by atoms with Gasteiger partial charge < -0.3 is 9.40 Å². The van der Waals surface area contributed by atoms with Crippen LogP contribution in [0.15, 0.2) is 50.6 Å². The minimum Gasteiger partial charge on any atom is -0.460 e. The van der Waals surface area contributed by atoms with E-state index in [9.17, 15) is 4.79 Å². The Kier molecular flexibility index (Phi) is 3.54. The molecule has 3 aliphatic rings. The molecule has 2 aliphatic carbocycles. The van der Waals surface area contributed by atoms with Crippen LogP contribution in [0.4, 0.5) is 0 Å². The van der Waals surface area contributed by atoms with E-state index < -0.39 is 0 Å². The second-order valence-electron chi connectivity index (χ2n) is 8.25. The first-order valence-electron chi connectivity index (χ1n) is 9.74. The Morgan fingerprint density at radius 1 is 1.07 bits per heavy atom. The van der Waals surface area contributed by atoms with Gasteiger partial charge in [0.1, 0.15) is 11.5 Å². The van der Waals surface area contributed by atoms with Gasteiger partial charge in [0.05, 0.1) is 15.8 Å². The molecule has 3 heterocycles. The van der Waals surface area contributed by atoms with E-state index in [-0.39, 0.29) is 10.8 Å². The second kappa shape index (κ2) is 5.89. The van der Waals surface area contributed by atoms with Gasteiger partial charge in [-0.2, -0.15) is 0 Å². The standard InChI is InChI=1S/C22H21NO2S2/c1-11-2-4-12(5-3-11)15-8-9-16(25-15)18-17-13-6-7-14(10-13)19(17)26-21-20(18)27-22(24)23-21/h2-5,8-9,13-14,17-19H,6-7,10H2,1H3,(H,23,24)/t13-,14-,17-,18-,19-/m0/s1. The van der Waals surface area contributed by atoms with Gasteiger partial charge in [0, 0.05) is 10.8 Å². The number of furan rings is 1. The van der Waals surface area contributed by atoms with E-state index in [4.69, 9.17) is 4.42 Å². The number of thiazole rings is 1. The fraction of sp³-hybridized carbons (Fsp3) is 0.409. The predicted octanol–water partition coefficient (Wildman–Crippen LogP) is 5.66. The van der Waals surface area contributed by atoms with Gasteiger partial charge in [-0.25, -0.2) is 0 Å². The summed E-state index contributed by atoms with van der Waals surface area (Å²) in [5.41, 5.74) is 2.37. The summed E-state index contributed by atoms with van der Waals surface area (Å²) in [6.45, 7) is 2.10. The molecule has 27 heavy (non-hydrogen) atoms. The number of aromatic nitrogens is 1. The van der Waals surface area contributed by atoms with E-state index in [0.717, 1.165) is 33.9 Å². The Balaban J connectivity index is 1.45. The molecule has 3 nitrogen and oxygen atoms in total. The normalized spacial score (nSPS) is 31.1. The van der Waals surface area contributed by atoms with Crippen LogP contribution >= 0.6 is 23.1 Å². The second-order valence-corrected chi connectivity index (χ2v) is 10.4. The number of nitrogens with one attached hydrogen (secondary N) is 1. The number of thioether (sulfide) groups is 1. The van der Waals surface area contributed by atoms with Crippen LogP contribution in [0.1, 0.15) is 41.4 Å². The van der Waals surface area contributed by atoms with Crippen molar-refractivity contribution in [1.29, 1.82) is 0 Å². The molecule has 3 aromatic rings. The van der Waals surface area contributed by atoms with Gasteiger partial charge in [0.2, 0.25) is 0 Å². The number of aromatic amines is 1. The van der Waals surface area contributed by atoms with Crippen molar-refractivity contribution >= 4 is 23.1 Å². The summed E-state index contributed by atoms with van der Waals surface area (Å²) in [6, 6.07) is 12.7. The highest BCUT2D eigenvalue weighted by molar-refractivity contribution is 8.00. The zero-order chi connectivity index (χ0) is 18.1. The molecule has 0 amide bonds. The lowest BCUT2D eigenvalue weighted by Gasteiger charge is -2.38. The van der Waals surface area contributed by atoms with Crippen molar-refractivity contribution in [2.75, 3.05) is 0 Å².